The van der Waals surface area contributed by atoms with Gasteiger partial charge in [-0.25, -0.2) is 29.1 Å². The van der Waals surface area contributed by atoms with Gasteiger partial charge in [0.2, 0.25) is 0 Å². The number of carboxylic acids is 4. The van der Waals surface area contributed by atoms with Gasteiger partial charge < -0.3 is 29.9 Å². The number of nitrogens with zero attached hydrogens (tertiary/aromatic N) is 2. The summed E-state index contributed by atoms with van der Waals surface area (Å²) in [6.45, 7) is 0.227. The quantitative estimate of drug-likeness (QED) is 0.383. The minimum absolute atomic E-state index is 0.0343. The molecule has 0 spiro atoms. The van der Waals surface area contributed by atoms with Crippen molar-refractivity contribution in [2.75, 3.05) is 13.2 Å². The van der Waals surface area contributed by atoms with E-state index in [1.807, 2.05) is 0 Å². The van der Waals surface area contributed by atoms with Crippen molar-refractivity contribution >= 4 is 23.9 Å². The molecule has 0 amide bonds. The van der Waals surface area contributed by atoms with Crippen molar-refractivity contribution in [3.8, 4) is 11.5 Å². The first-order valence-corrected chi connectivity index (χ1v) is 8.40. The molecule has 0 saturated heterocycles. The largest absolute Gasteiger partial charge is 0.493 e. The molecule has 0 aliphatic heterocycles. The summed E-state index contributed by atoms with van der Waals surface area (Å²) >= 11 is 0. The fraction of sp³-hybridized carbons (Fsp3) is 0.222. The van der Waals surface area contributed by atoms with Crippen LogP contribution < -0.4 is 9.47 Å². The molecule has 12 heteroatoms. The van der Waals surface area contributed by atoms with Crippen LogP contribution in [0.4, 0.5) is 0 Å². The van der Waals surface area contributed by atoms with E-state index in [0.717, 1.165) is 24.3 Å². The molecule has 0 aliphatic carbocycles. The van der Waals surface area contributed by atoms with Gasteiger partial charge in [0, 0.05) is 24.3 Å². The number of aromatic nitrogens is 2. The summed E-state index contributed by atoms with van der Waals surface area (Å²) in [6.07, 6.45) is 0.853. The summed E-state index contributed by atoms with van der Waals surface area (Å²) in [5, 5.41) is 35.9. The van der Waals surface area contributed by atoms with Crippen molar-refractivity contribution in [3.05, 3.63) is 47.0 Å². The van der Waals surface area contributed by atoms with E-state index in [4.69, 9.17) is 29.9 Å². The highest BCUT2D eigenvalue weighted by Gasteiger charge is 2.15. The van der Waals surface area contributed by atoms with E-state index in [1.54, 1.807) is 0 Å². The first kappa shape index (κ1) is 22.1. The maximum absolute atomic E-state index is 11.0. The summed E-state index contributed by atoms with van der Waals surface area (Å²) in [6, 6.07) is 4.40. The Morgan fingerprint density at radius 3 is 1.10 bits per heavy atom. The zero-order chi connectivity index (χ0) is 22.3. The highest BCUT2D eigenvalue weighted by molar-refractivity contribution is 5.91. The maximum Gasteiger partial charge on any atom is 0.354 e. The highest BCUT2D eigenvalue weighted by atomic mass is 16.5. The molecule has 2 aromatic heterocycles. The molecule has 0 atom stereocenters. The van der Waals surface area contributed by atoms with Crippen molar-refractivity contribution in [3.63, 3.8) is 0 Å². The Bertz CT molecular complexity index is 845. The van der Waals surface area contributed by atoms with E-state index in [2.05, 4.69) is 9.97 Å². The summed E-state index contributed by atoms with van der Waals surface area (Å²) in [7, 11) is 0. The van der Waals surface area contributed by atoms with Gasteiger partial charge in [0.25, 0.3) is 0 Å². The first-order valence-electron chi connectivity index (χ1n) is 8.40. The van der Waals surface area contributed by atoms with Crippen LogP contribution in [0.3, 0.4) is 0 Å². The molecule has 0 aliphatic rings. The van der Waals surface area contributed by atoms with Crippen LogP contribution in [-0.2, 0) is 0 Å². The van der Waals surface area contributed by atoms with Gasteiger partial charge >= 0.3 is 23.9 Å². The Hall–Kier alpha value is -4.22. The Kier molecular flexibility index (Phi) is 7.22. The smallest absolute Gasteiger partial charge is 0.354 e. The third-order valence-electron chi connectivity index (χ3n) is 3.55. The van der Waals surface area contributed by atoms with E-state index >= 15 is 0 Å². The highest BCUT2D eigenvalue weighted by Crippen LogP contribution is 2.17. The minimum atomic E-state index is -1.39. The lowest BCUT2D eigenvalue weighted by atomic mass is 10.2. The van der Waals surface area contributed by atoms with Crippen LogP contribution in [0.25, 0.3) is 0 Å². The number of carbonyl (C=O) groups is 4. The lowest BCUT2D eigenvalue weighted by molar-refractivity contribution is 0.0662. The molecule has 0 fully saturated rings. The molecule has 12 nitrogen and oxygen atoms in total. The van der Waals surface area contributed by atoms with Crippen molar-refractivity contribution in [1.29, 1.82) is 0 Å². The number of ether oxygens (including phenoxy) is 2. The topological polar surface area (TPSA) is 193 Å². The predicted molar refractivity (Wildman–Crippen MR) is 96.5 cm³/mol. The normalized spacial score (nSPS) is 10.3. The molecule has 0 radical (unpaired) electrons. The summed E-state index contributed by atoms with van der Waals surface area (Å²) in [5.74, 6) is -5.50. The van der Waals surface area contributed by atoms with E-state index in [9.17, 15) is 19.2 Å². The fourth-order valence-electron chi connectivity index (χ4n) is 2.20. The standard InChI is InChI=1S/C18H16N2O10/c21-15(22)11-5-9(6-12(19-11)16(23)24)29-3-1-2-4-30-10-7-13(17(25)26)20-14(8-10)18(27)28/h5-8H,1-4H2,(H,21,22)(H,23,24)(H,25,26)(H,27,28). The van der Waals surface area contributed by atoms with Gasteiger partial charge in [0.1, 0.15) is 11.5 Å². The van der Waals surface area contributed by atoms with Crippen LogP contribution in [0.15, 0.2) is 24.3 Å². The monoisotopic (exact) mass is 420 g/mol. The molecule has 2 aromatic rings. The second-order valence-corrected chi connectivity index (χ2v) is 5.77. The second-order valence-electron chi connectivity index (χ2n) is 5.77. The van der Waals surface area contributed by atoms with Crippen LogP contribution >= 0.6 is 0 Å². The molecular weight excluding hydrogens is 404 g/mol. The number of pyridine rings is 2. The Morgan fingerprint density at radius 1 is 0.600 bits per heavy atom. The summed E-state index contributed by atoms with van der Waals surface area (Å²) in [5.41, 5.74) is -1.85. The van der Waals surface area contributed by atoms with Crippen LogP contribution in [0.1, 0.15) is 54.8 Å². The Morgan fingerprint density at radius 2 is 0.867 bits per heavy atom. The molecule has 4 N–H and O–H groups in total. The minimum Gasteiger partial charge on any atom is -0.493 e. The third-order valence-corrected chi connectivity index (χ3v) is 3.55. The van der Waals surface area contributed by atoms with Gasteiger partial charge in [-0.2, -0.15) is 0 Å². The number of unbranched alkanes of at least 4 members (excludes halogenated alkanes) is 1. The number of hydrogen-bond acceptors (Lipinski definition) is 8. The molecular formula is C18H16N2O10. The SMILES string of the molecule is O=C(O)c1cc(OCCCCOc2cc(C(=O)O)nc(C(=O)O)c2)cc(C(=O)O)n1. The van der Waals surface area contributed by atoms with Crippen molar-refractivity contribution in [1.82, 2.24) is 9.97 Å². The van der Waals surface area contributed by atoms with Gasteiger partial charge in [-0.05, 0) is 12.8 Å². The lowest BCUT2D eigenvalue weighted by Crippen LogP contribution is -2.10. The number of hydrogen-bond donors (Lipinski definition) is 4. The van der Waals surface area contributed by atoms with E-state index in [1.165, 1.54) is 0 Å². The van der Waals surface area contributed by atoms with Gasteiger partial charge in [-0.15, -0.1) is 0 Å². The number of aromatic carboxylic acids is 4. The van der Waals surface area contributed by atoms with E-state index in [-0.39, 0.29) is 24.7 Å². The average molecular weight is 420 g/mol. The Labute approximate surface area is 168 Å². The van der Waals surface area contributed by atoms with E-state index in [0.29, 0.717) is 12.8 Å². The molecule has 2 rings (SSSR count). The van der Waals surface area contributed by atoms with Crippen molar-refractivity contribution < 1.29 is 49.1 Å². The predicted octanol–water partition coefficient (Wildman–Crippen LogP) is 1.51. The molecule has 0 unspecified atom stereocenters. The molecule has 0 aromatic carbocycles. The number of rotatable bonds is 11. The summed E-state index contributed by atoms with van der Waals surface area (Å²) in [4.78, 5) is 51.0. The van der Waals surface area contributed by atoms with Crippen molar-refractivity contribution in [2.24, 2.45) is 0 Å². The molecule has 158 valence electrons. The summed E-state index contributed by atoms with van der Waals surface area (Å²) < 4.78 is 10.7. The van der Waals surface area contributed by atoms with Gasteiger partial charge in [0.15, 0.2) is 22.8 Å². The molecule has 30 heavy (non-hydrogen) atoms. The average Bonchev–Trinajstić information content (AvgIpc) is 2.69. The Balaban J connectivity index is 1.88. The molecule has 0 bridgehead atoms. The van der Waals surface area contributed by atoms with Crippen LogP contribution in [0.5, 0.6) is 11.5 Å². The first-order chi connectivity index (χ1) is 14.2. The van der Waals surface area contributed by atoms with Crippen LogP contribution in [0.2, 0.25) is 0 Å². The molecule has 0 saturated carbocycles. The number of carboxylic acid groups (broad SMARTS) is 4. The van der Waals surface area contributed by atoms with Gasteiger partial charge in [0.05, 0.1) is 13.2 Å². The third kappa shape index (κ3) is 6.15. The zero-order valence-electron chi connectivity index (χ0n) is 15.3. The van der Waals surface area contributed by atoms with Gasteiger partial charge in [-0.1, -0.05) is 0 Å². The van der Waals surface area contributed by atoms with Gasteiger partial charge in [-0.3, -0.25) is 0 Å². The fourth-order valence-corrected chi connectivity index (χ4v) is 2.20. The zero-order valence-corrected chi connectivity index (χ0v) is 15.3. The van der Waals surface area contributed by atoms with E-state index < -0.39 is 46.7 Å². The maximum atomic E-state index is 11.0. The van der Waals surface area contributed by atoms with Crippen LogP contribution in [0, 0.1) is 0 Å². The second kappa shape index (κ2) is 9.82. The lowest BCUT2D eigenvalue weighted by Gasteiger charge is -2.09. The van der Waals surface area contributed by atoms with Crippen LogP contribution in [-0.4, -0.2) is 67.5 Å². The van der Waals surface area contributed by atoms with Crippen molar-refractivity contribution in [2.45, 2.75) is 12.8 Å². The molecule has 2 heterocycles.